The first kappa shape index (κ1) is 10.0. The van der Waals surface area contributed by atoms with Crippen LogP contribution in [0.3, 0.4) is 0 Å². The molecule has 0 fully saturated rings. The van der Waals surface area contributed by atoms with Crippen LogP contribution in [0.5, 0.6) is 0 Å². The van der Waals surface area contributed by atoms with Crippen molar-refractivity contribution in [1.29, 1.82) is 0 Å². The second-order valence-corrected chi connectivity index (χ2v) is 3.85. The van der Waals surface area contributed by atoms with Crippen molar-refractivity contribution in [3.63, 3.8) is 0 Å². The third-order valence-corrected chi connectivity index (χ3v) is 2.48. The molecule has 0 spiro atoms. The Morgan fingerprint density at radius 2 is 2.15 bits per heavy atom. The second kappa shape index (κ2) is 4.27. The lowest BCUT2D eigenvalue weighted by Crippen LogP contribution is -1.90. The average Bonchev–Trinajstić information content (AvgIpc) is 2.44. The van der Waals surface area contributed by atoms with Crippen molar-refractivity contribution in [3.05, 3.63) is 47.6 Å². The summed E-state index contributed by atoms with van der Waals surface area (Å²) in [5, 5.41) is 0. The van der Waals surface area contributed by atoms with Gasteiger partial charge in [0, 0.05) is 0 Å². The van der Waals surface area contributed by atoms with Gasteiger partial charge in [-0.25, -0.2) is 0 Å². The molecule has 1 aliphatic carbocycles. The molecular formula is C13H18. The first-order valence-corrected chi connectivity index (χ1v) is 4.84. The Hall–Kier alpha value is -1.04. The summed E-state index contributed by atoms with van der Waals surface area (Å²) in [6.45, 7) is 10.4. The van der Waals surface area contributed by atoms with Gasteiger partial charge in [0.05, 0.1) is 0 Å². The fourth-order valence-corrected chi connectivity index (χ4v) is 1.53. The van der Waals surface area contributed by atoms with Crippen molar-refractivity contribution in [2.24, 2.45) is 5.92 Å². The Bertz CT molecular complexity index is 285. The molecule has 0 N–H and O–H groups in total. The van der Waals surface area contributed by atoms with Crippen molar-refractivity contribution in [2.45, 2.75) is 27.2 Å². The minimum absolute atomic E-state index is 0.671. The van der Waals surface area contributed by atoms with Crippen LogP contribution in [0.4, 0.5) is 0 Å². The van der Waals surface area contributed by atoms with Gasteiger partial charge in [-0.3, -0.25) is 0 Å². The fourth-order valence-electron chi connectivity index (χ4n) is 1.53. The monoisotopic (exact) mass is 174 g/mol. The molecule has 0 nitrogen and oxygen atoms in total. The number of hydrogen-bond donors (Lipinski definition) is 0. The zero-order valence-electron chi connectivity index (χ0n) is 8.80. The normalized spacial score (nSPS) is 17.4. The molecule has 0 unspecified atom stereocenters. The molecule has 0 heterocycles. The van der Waals surface area contributed by atoms with E-state index in [0.717, 1.165) is 6.42 Å². The first-order valence-electron chi connectivity index (χ1n) is 4.84. The molecule has 1 aliphatic rings. The van der Waals surface area contributed by atoms with Crippen molar-refractivity contribution in [3.8, 4) is 0 Å². The number of hydrogen-bond acceptors (Lipinski definition) is 0. The maximum atomic E-state index is 3.67. The van der Waals surface area contributed by atoms with Gasteiger partial charge in [-0.2, -0.15) is 0 Å². The summed E-state index contributed by atoms with van der Waals surface area (Å²) in [6.07, 6.45) is 9.43. The van der Waals surface area contributed by atoms with Crippen LogP contribution in [0.25, 0.3) is 0 Å². The summed E-state index contributed by atoms with van der Waals surface area (Å²) in [5.74, 6) is 0.671. The van der Waals surface area contributed by atoms with Gasteiger partial charge in [0.25, 0.3) is 0 Å². The minimum Gasteiger partial charge on any atom is -0.0991 e. The Kier molecular flexibility index (Phi) is 3.30. The summed E-state index contributed by atoms with van der Waals surface area (Å²) in [5.41, 5.74) is 4.38. The lowest BCUT2D eigenvalue weighted by Gasteiger charge is -2.05. The van der Waals surface area contributed by atoms with Gasteiger partial charge in [-0.1, -0.05) is 50.3 Å². The molecule has 0 radical (unpaired) electrons. The van der Waals surface area contributed by atoms with E-state index in [1.807, 2.05) is 12.2 Å². The minimum atomic E-state index is 0.671. The van der Waals surface area contributed by atoms with E-state index in [0.29, 0.717) is 5.92 Å². The maximum absolute atomic E-state index is 3.67. The zero-order chi connectivity index (χ0) is 9.84. The Balaban J connectivity index is 2.71. The number of rotatable bonds is 3. The van der Waals surface area contributed by atoms with E-state index in [1.165, 1.54) is 11.1 Å². The third-order valence-electron chi connectivity index (χ3n) is 2.48. The highest BCUT2D eigenvalue weighted by Crippen LogP contribution is 2.30. The summed E-state index contributed by atoms with van der Waals surface area (Å²) in [4.78, 5) is 0. The van der Waals surface area contributed by atoms with Crippen LogP contribution in [-0.2, 0) is 0 Å². The molecule has 70 valence electrons. The van der Waals surface area contributed by atoms with Crippen LogP contribution >= 0.6 is 0 Å². The molecule has 13 heavy (non-hydrogen) atoms. The topological polar surface area (TPSA) is 0 Å². The smallest absolute Gasteiger partial charge is 0.00587 e. The van der Waals surface area contributed by atoms with E-state index in [2.05, 4.69) is 39.5 Å². The molecule has 0 saturated carbocycles. The van der Waals surface area contributed by atoms with Gasteiger partial charge < -0.3 is 0 Å². The van der Waals surface area contributed by atoms with Crippen molar-refractivity contribution in [2.75, 3.05) is 0 Å². The van der Waals surface area contributed by atoms with E-state index in [1.54, 1.807) is 5.57 Å². The molecule has 0 aromatic heterocycles. The maximum Gasteiger partial charge on any atom is -0.00587 e. The molecule has 0 amide bonds. The molecule has 0 atom stereocenters. The summed E-state index contributed by atoms with van der Waals surface area (Å²) in [6, 6.07) is 0. The summed E-state index contributed by atoms with van der Waals surface area (Å²) < 4.78 is 0. The molecule has 0 bridgehead atoms. The SMILES string of the molecule is C=C/C=C\C1=C(C)C=C(C(C)C)C1. The molecule has 0 saturated heterocycles. The number of allylic oxidation sites excluding steroid dienone is 7. The molecule has 1 rings (SSSR count). The summed E-state index contributed by atoms with van der Waals surface area (Å²) >= 11 is 0. The molecule has 0 aromatic carbocycles. The highest BCUT2D eigenvalue weighted by Gasteiger charge is 2.12. The van der Waals surface area contributed by atoms with Gasteiger partial charge >= 0.3 is 0 Å². The van der Waals surface area contributed by atoms with Crippen LogP contribution in [0.1, 0.15) is 27.2 Å². The van der Waals surface area contributed by atoms with Crippen LogP contribution in [0.2, 0.25) is 0 Å². The zero-order valence-corrected chi connectivity index (χ0v) is 8.80. The predicted molar refractivity (Wildman–Crippen MR) is 59.6 cm³/mol. The van der Waals surface area contributed by atoms with Crippen LogP contribution in [0, 0.1) is 5.92 Å². The lowest BCUT2D eigenvalue weighted by molar-refractivity contribution is 0.749. The van der Waals surface area contributed by atoms with Crippen molar-refractivity contribution in [1.82, 2.24) is 0 Å². The van der Waals surface area contributed by atoms with Crippen LogP contribution in [-0.4, -0.2) is 0 Å². The Morgan fingerprint density at radius 1 is 1.46 bits per heavy atom. The van der Waals surface area contributed by atoms with E-state index < -0.39 is 0 Å². The lowest BCUT2D eigenvalue weighted by atomic mass is 10.0. The Labute approximate surface area is 81.4 Å². The van der Waals surface area contributed by atoms with Crippen LogP contribution < -0.4 is 0 Å². The molecular weight excluding hydrogens is 156 g/mol. The van der Waals surface area contributed by atoms with Gasteiger partial charge in [-0.05, 0) is 30.4 Å². The van der Waals surface area contributed by atoms with Crippen molar-refractivity contribution < 1.29 is 0 Å². The fraction of sp³-hybridized carbons (Fsp3) is 0.385. The highest BCUT2D eigenvalue weighted by atomic mass is 14.2. The van der Waals surface area contributed by atoms with Gasteiger partial charge in [0.1, 0.15) is 0 Å². The first-order chi connectivity index (χ1) is 6.15. The van der Waals surface area contributed by atoms with Gasteiger partial charge in [0.15, 0.2) is 0 Å². The van der Waals surface area contributed by atoms with Gasteiger partial charge in [0.2, 0.25) is 0 Å². The average molecular weight is 174 g/mol. The van der Waals surface area contributed by atoms with E-state index in [-0.39, 0.29) is 0 Å². The predicted octanol–water partition coefficient (Wildman–Crippen LogP) is 4.03. The van der Waals surface area contributed by atoms with Crippen LogP contribution in [0.15, 0.2) is 47.6 Å². The van der Waals surface area contributed by atoms with Crippen molar-refractivity contribution >= 4 is 0 Å². The highest BCUT2D eigenvalue weighted by molar-refractivity contribution is 5.44. The Morgan fingerprint density at radius 3 is 2.62 bits per heavy atom. The third kappa shape index (κ3) is 2.45. The van der Waals surface area contributed by atoms with Gasteiger partial charge in [-0.15, -0.1) is 0 Å². The van der Waals surface area contributed by atoms with E-state index in [4.69, 9.17) is 0 Å². The summed E-state index contributed by atoms with van der Waals surface area (Å²) in [7, 11) is 0. The molecule has 0 heteroatoms. The molecule has 0 aromatic rings. The second-order valence-electron chi connectivity index (χ2n) is 3.85. The van der Waals surface area contributed by atoms with E-state index in [9.17, 15) is 0 Å². The quantitative estimate of drug-likeness (QED) is 0.567. The van der Waals surface area contributed by atoms with E-state index >= 15 is 0 Å². The standard InChI is InChI=1S/C13H18/c1-5-6-7-12-9-13(10(2)3)8-11(12)4/h5-8,10H,1,9H2,2-4H3/b7-6-. The largest absolute Gasteiger partial charge is 0.0991 e. The molecule has 0 aliphatic heterocycles.